The molecular weight excluding hydrogens is 170 g/mol. The summed E-state index contributed by atoms with van der Waals surface area (Å²) in [4.78, 5) is 4.39. The van der Waals surface area contributed by atoms with Crippen molar-refractivity contribution in [3.8, 4) is 0 Å². The Morgan fingerprint density at radius 2 is 2.00 bits per heavy atom. The van der Waals surface area contributed by atoms with Crippen molar-refractivity contribution in [1.82, 2.24) is 0 Å². The second-order valence-corrected chi connectivity index (χ2v) is 3.30. The zero-order valence-corrected chi connectivity index (χ0v) is 8.06. The van der Waals surface area contributed by atoms with Gasteiger partial charge >= 0.3 is 0 Å². The Hall–Kier alpha value is -1.63. The van der Waals surface area contributed by atoms with E-state index in [0.29, 0.717) is 0 Å². The molecule has 0 atom stereocenters. The summed E-state index contributed by atoms with van der Waals surface area (Å²) < 4.78 is 0. The fourth-order valence-corrected chi connectivity index (χ4v) is 1.44. The molecule has 0 N–H and O–H groups in total. The molecule has 0 spiro atoms. The third-order valence-corrected chi connectivity index (χ3v) is 2.15. The second-order valence-electron chi connectivity index (χ2n) is 3.30. The van der Waals surface area contributed by atoms with Crippen LogP contribution >= 0.6 is 0 Å². The summed E-state index contributed by atoms with van der Waals surface area (Å²) in [6.07, 6.45) is 10.1. The first-order valence-electron chi connectivity index (χ1n) is 4.87. The van der Waals surface area contributed by atoms with Gasteiger partial charge in [0.2, 0.25) is 0 Å². The molecule has 1 aromatic carbocycles. The van der Waals surface area contributed by atoms with Gasteiger partial charge in [0.1, 0.15) is 0 Å². The molecule has 0 amide bonds. The average Bonchev–Trinajstić information content (AvgIpc) is 2.48. The summed E-state index contributed by atoms with van der Waals surface area (Å²) in [5, 5.41) is 0. The number of nitrogens with zero attached hydrogens (tertiary/aromatic N) is 1. The summed E-state index contributed by atoms with van der Waals surface area (Å²) in [5.74, 6) is 0. The van der Waals surface area contributed by atoms with Crippen LogP contribution in [0, 0.1) is 0 Å². The first kappa shape index (κ1) is 8.95. The number of aliphatic imine (C=N–C) groups is 1. The molecule has 0 saturated heterocycles. The van der Waals surface area contributed by atoms with Crippen LogP contribution in [0.5, 0.6) is 0 Å². The number of hydrogen-bond donors (Lipinski definition) is 0. The van der Waals surface area contributed by atoms with E-state index in [2.05, 4.69) is 47.5 Å². The predicted molar refractivity (Wildman–Crippen MR) is 60.5 cm³/mol. The topological polar surface area (TPSA) is 12.4 Å². The molecule has 0 radical (unpaired) electrons. The largest absolute Gasteiger partial charge is 0.265 e. The van der Waals surface area contributed by atoms with Gasteiger partial charge in [-0.25, -0.2) is 0 Å². The van der Waals surface area contributed by atoms with Crippen molar-refractivity contribution in [2.75, 3.05) is 0 Å². The van der Waals surface area contributed by atoms with Crippen LogP contribution in [0.25, 0.3) is 0 Å². The van der Waals surface area contributed by atoms with E-state index >= 15 is 0 Å². The maximum Gasteiger partial charge on any atom is 0.0443 e. The molecule has 0 fully saturated rings. The molecule has 0 aliphatic carbocycles. The number of benzene rings is 1. The normalized spacial score (nSPS) is 15.0. The van der Waals surface area contributed by atoms with E-state index in [-0.39, 0.29) is 0 Å². The Labute approximate surface area is 84.5 Å². The molecule has 1 nitrogen and oxygen atoms in total. The average molecular weight is 183 g/mol. The van der Waals surface area contributed by atoms with Crippen LogP contribution < -0.4 is 0 Å². The zero-order chi connectivity index (χ0) is 9.64. The quantitative estimate of drug-likeness (QED) is 0.668. The van der Waals surface area contributed by atoms with Crippen molar-refractivity contribution in [1.29, 1.82) is 0 Å². The Kier molecular flexibility index (Phi) is 2.92. The molecule has 0 unspecified atom stereocenters. The lowest BCUT2D eigenvalue weighted by molar-refractivity contribution is 1.11. The highest BCUT2D eigenvalue weighted by Gasteiger charge is 1.96. The maximum absolute atomic E-state index is 4.39. The van der Waals surface area contributed by atoms with Gasteiger partial charge in [-0.15, -0.1) is 0 Å². The van der Waals surface area contributed by atoms with Crippen molar-refractivity contribution >= 4 is 6.21 Å². The number of hydrogen-bond acceptors (Lipinski definition) is 1. The van der Waals surface area contributed by atoms with Gasteiger partial charge in [0.05, 0.1) is 0 Å². The minimum absolute atomic E-state index is 0.918. The lowest BCUT2D eigenvalue weighted by Gasteiger charge is -2.00. The molecule has 0 saturated carbocycles. The fraction of sp³-hybridized carbons (Fsp3) is 0.154. The standard InChI is InChI=1S/C13H13N/c1-3-7-12(8-4-1)11-13-9-5-2-6-10-14-13/h1-5,7-10H,6,11H2. The first-order chi connectivity index (χ1) is 6.95. The summed E-state index contributed by atoms with van der Waals surface area (Å²) in [5.41, 5.74) is 2.44. The summed E-state index contributed by atoms with van der Waals surface area (Å²) in [6, 6.07) is 10.4. The lowest BCUT2D eigenvalue weighted by Crippen LogP contribution is -1.87. The van der Waals surface area contributed by atoms with Crippen molar-refractivity contribution in [2.24, 2.45) is 4.99 Å². The Balaban J connectivity index is 2.11. The van der Waals surface area contributed by atoms with Crippen LogP contribution in [0.2, 0.25) is 0 Å². The van der Waals surface area contributed by atoms with Gasteiger partial charge in [0.25, 0.3) is 0 Å². The molecule has 0 bridgehead atoms. The van der Waals surface area contributed by atoms with E-state index in [9.17, 15) is 0 Å². The van der Waals surface area contributed by atoms with Crippen molar-refractivity contribution in [2.45, 2.75) is 12.8 Å². The molecule has 1 heterocycles. The van der Waals surface area contributed by atoms with Crippen LogP contribution in [0.1, 0.15) is 12.0 Å². The third-order valence-electron chi connectivity index (χ3n) is 2.15. The minimum atomic E-state index is 0.918. The van der Waals surface area contributed by atoms with Gasteiger partial charge in [0, 0.05) is 24.8 Å². The van der Waals surface area contributed by atoms with Gasteiger partial charge in [-0.2, -0.15) is 0 Å². The minimum Gasteiger partial charge on any atom is -0.265 e. The van der Waals surface area contributed by atoms with E-state index in [0.717, 1.165) is 18.5 Å². The van der Waals surface area contributed by atoms with E-state index in [1.165, 1.54) is 5.56 Å². The van der Waals surface area contributed by atoms with Crippen LogP contribution in [0.4, 0.5) is 0 Å². The van der Waals surface area contributed by atoms with E-state index < -0.39 is 0 Å². The van der Waals surface area contributed by atoms with Crippen LogP contribution in [-0.2, 0) is 6.42 Å². The van der Waals surface area contributed by atoms with E-state index in [4.69, 9.17) is 0 Å². The second kappa shape index (κ2) is 4.56. The van der Waals surface area contributed by atoms with Crippen LogP contribution in [0.15, 0.2) is 59.2 Å². The third kappa shape index (κ3) is 2.43. The molecule has 1 aliphatic rings. The molecule has 70 valence electrons. The molecule has 1 aromatic rings. The number of rotatable bonds is 2. The summed E-state index contributed by atoms with van der Waals surface area (Å²) in [7, 11) is 0. The maximum atomic E-state index is 4.39. The van der Waals surface area contributed by atoms with Gasteiger partial charge in [-0.1, -0.05) is 42.5 Å². The first-order valence-corrected chi connectivity index (χ1v) is 4.87. The molecule has 1 aliphatic heterocycles. The van der Waals surface area contributed by atoms with Crippen molar-refractivity contribution in [3.63, 3.8) is 0 Å². The molecular formula is C13H13N. The van der Waals surface area contributed by atoms with Crippen LogP contribution in [0.3, 0.4) is 0 Å². The van der Waals surface area contributed by atoms with Gasteiger partial charge < -0.3 is 0 Å². The van der Waals surface area contributed by atoms with Crippen LogP contribution in [-0.4, -0.2) is 6.21 Å². The van der Waals surface area contributed by atoms with Gasteiger partial charge in [0.15, 0.2) is 0 Å². The fourth-order valence-electron chi connectivity index (χ4n) is 1.44. The highest BCUT2D eigenvalue weighted by molar-refractivity contribution is 5.62. The van der Waals surface area contributed by atoms with E-state index in [1.807, 2.05) is 12.3 Å². The highest BCUT2D eigenvalue weighted by atomic mass is 14.7. The monoisotopic (exact) mass is 183 g/mol. The summed E-state index contributed by atoms with van der Waals surface area (Å²) >= 11 is 0. The highest BCUT2D eigenvalue weighted by Crippen LogP contribution is 2.10. The van der Waals surface area contributed by atoms with Gasteiger partial charge in [-0.3, -0.25) is 4.99 Å². The molecule has 1 heteroatoms. The van der Waals surface area contributed by atoms with E-state index in [1.54, 1.807) is 0 Å². The smallest absolute Gasteiger partial charge is 0.0443 e. The molecule has 0 aromatic heterocycles. The Bertz CT molecular complexity index is 371. The number of allylic oxidation sites excluding steroid dienone is 4. The molecule has 14 heavy (non-hydrogen) atoms. The SMILES string of the molecule is C1=CCC=NC(Cc2ccccc2)=C1. The Morgan fingerprint density at radius 1 is 1.14 bits per heavy atom. The van der Waals surface area contributed by atoms with Crippen molar-refractivity contribution < 1.29 is 0 Å². The predicted octanol–water partition coefficient (Wildman–Crippen LogP) is 3.14. The zero-order valence-electron chi connectivity index (χ0n) is 8.06. The lowest BCUT2D eigenvalue weighted by atomic mass is 10.1. The van der Waals surface area contributed by atoms with Crippen molar-refractivity contribution in [3.05, 3.63) is 59.8 Å². The summed E-state index contributed by atoms with van der Waals surface area (Å²) in [6.45, 7) is 0. The Morgan fingerprint density at radius 3 is 2.86 bits per heavy atom. The molecule has 2 rings (SSSR count). The van der Waals surface area contributed by atoms with Gasteiger partial charge in [-0.05, 0) is 11.6 Å².